The first kappa shape index (κ1) is 13.6. The molecular weight excluding hydrogens is 267 g/mol. The van der Waals surface area contributed by atoms with Crippen molar-refractivity contribution in [3.63, 3.8) is 0 Å². The van der Waals surface area contributed by atoms with Crippen molar-refractivity contribution in [2.45, 2.75) is 25.3 Å². The molecule has 1 amide bonds. The molecule has 2 unspecified atom stereocenters. The minimum absolute atomic E-state index is 0.0533. The lowest BCUT2D eigenvalue weighted by molar-refractivity contribution is -0.117. The van der Waals surface area contributed by atoms with Gasteiger partial charge < -0.3 is 10.6 Å². The predicted molar refractivity (Wildman–Crippen MR) is 81.9 cm³/mol. The Bertz CT molecular complexity index is 654. The summed E-state index contributed by atoms with van der Waals surface area (Å²) in [5.41, 5.74) is 2.63. The van der Waals surface area contributed by atoms with E-state index in [-0.39, 0.29) is 23.7 Å². The second kappa shape index (κ2) is 5.56. The molecule has 0 spiro atoms. The van der Waals surface area contributed by atoms with Crippen LogP contribution in [-0.2, 0) is 4.79 Å². The summed E-state index contributed by atoms with van der Waals surface area (Å²) in [6, 6.07) is 13.9. The number of hydrogen-bond donors (Lipinski definition) is 2. The fraction of sp³-hybridized carbons (Fsp3) is 0.235. The summed E-state index contributed by atoms with van der Waals surface area (Å²) >= 11 is 0. The van der Waals surface area contributed by atoms with E-state index in [1.165, 1.54) is 12.1 Å². The van der Waals surface area contributed by atoms with E-state index in [0.717, 1.165) is 17.7 Å². The largest absolute Gasteiger partial charge is 0.382 e. The van der Waals surface area contributed by atoms with Gasteiger partial charge in [0.25, 0.3) is 0 Å². The summed E-state index contributed by atoms with van der Waals surface area (Å²) in [5, 5.41) is 6.25. The number of anilines is 2. The number of rotatable bonds is 2. The summed E-state index contributed by atoms with van der Waals surface area (Å²) in [5.74, 6) is -0.557. The molecule has 0 saturated carbocycles. The molecule has 0 aromatic heterocycles. The standard InChI is InChI=1S/C17H17FN2O/c1-11-10-15(14-4-2-3-5-16(14)19-11)17(21)20-13-8-6-12(18)7-9-13/h2-9,11,15,19H,10H2,1H3,(H,20,21). The Morgan fingerprint density at radius 1 is 1.19 bits per heavy atom. The number of fused-ring (bicyclic) bond motifs is 1. The molecule has 4 heteroatoms. The normalized spacial score (nSPS) is 20.3. The third-order valence-electron chi connectivity index (χ3n) is 3.76. The first-order valence-corrected chi connectivity index (χ1v) is 7.05. The summed E-state index contributed by atoms with van der Waals surface area (Å²) < 4.78 is 12.9. The highest BCUT2D eigenvalue weighted by atomic mass is 19.1. The van der Waals surface area contributed by atoms with Crippen LogP contribution in [-0.4, -0.2) is 11.9 Å². The molecule has 0 radical (unpaired) electrons. The summed E-state index contributed by atoms with van der Waals surface area (Å²) in [7, 11) is 0. The van der Waals surface area contributed by atoms with Gasteiger partial charge in [0.05, 0.1) is 5.92 Å². The van der Waals surface area contributed by atoms with Gasteiger partial charge in [-0.3, -0.25) is 4.79 Å². The maximum atomic E-state index is 12.9. The lowest BCUT2D eigenvalue weighted by atomic mass is 9.87. The molecule has 0 bridgehead atoms. The third-order valence-corrected chi connectivity index (χ3v) is 3.76. The van der Waals surface area contributed by atoms with Crippen molar-refractivity contribution >= 4 is 17.3 Å². The van der Waals surface area contributed by atoms with Crippen molar-refractivity contribution in [2.75, 3.05) is 10.6 Å². The SMILES string of the molecule is CC1CC(C(=O)Nc2ccc(F)cc2)c2ccccc2N1. The van der Waals surface area contributed by atoms with Crippen LogP contribution in [0.25, 0.3) is 0 Å². The van der Waals surface area contributed by atoms with Crippen LogP contribution in [0.3, 0.4) is 0 Å². The van der Waals surface area contributed by atoms with E-state index in [4.69, 9.17) is 0 Å². The molecule has 2 N–H and O–H groups in total. The zero-order valence-corrected chi connectivity index (χ0v) is 11.8. The number of benzene rings is 2. The van der Waals surface area contributed by atoms with Gasteiger partial charge in [-0.1, -0.05) is 18.2 Å². The summed E-state index contributed by atoms with van der Waals surface area (Å²) in [6.45, 7) is 2.06. The number of carbonyl (C=O) groups is 1. The fourth-order valence-electron chi connectivity index (χ4n) is 2.75. The monoisotopic (exact) mass is 284 g/mol. The smallest absolute Gasteiger partial charge is 0.232 e. The van der Waals surface area contributed by atoms with Gasteiger partial charge >= 0.3 is 0 Å². The van der Waals surface area contributed by atoms with Crippen LogP contribution >= 0.6 is 0 Å². The molecule has 1 aliphatic rings. The number of nitrogens with one attached hydrogen (secondary N) is 2. The minimum Gasteiger partial charge on any atom is -0.382 e. The molecule has 0 fully saturated rings. The quantitative estimate of drug-likeness (QED) is 0.881. The van der Waals surface area contributed by atoms with Gasteiger partial charge in [0, 0.05) is 17.4 Å². The van der Waals surface area contributed by atoms with Gasteiger partial charge in [-0.25, -0.2) is 4.39 Å². The van der Waals surface area contributed by atoms with Crippen molar-refractivity contribution in [2.24, 2.45) is 0 Å². The first-order valence-electron chi connectivity index (χ1n) is 7.05. The molecule has 108 valence electrons. The Morgan fingerprint density at radius 3 is 2.67 bits per heavy atom. The average molecular weight is 284 g/mol. The highest BCUT2D eigenvalue weighted by Gasteiger charge is 2.29. The Balaban J connectivity index is 1.83. The molecule has 0 aliphatic carbocycles. The van der Waals surface area contributed by atoms with Crippen molar-refractivity contribution in [1.29, 1.82) is 0 Å². The number of carbonyl (C=O) groups excluding carboxylic acids is 1. The van der Waals surface area contributed by atoms with Crippen LogP contribution in [0.15, 0.2) is 48.5 Å². The molecule has 2 aromatic carbocycles. The minimum atomic E-state index is -0.311. The topological polar surface area (TPSA) is 41.1 Å². The molecule has 0 saturated heterocycles. The first-order chi connectivity index (χ1) is 10.1. The van der Waals surface area contributed by atoms with Crippen molar-refractivity contribution < 1.29 is 9.18 Å². The third kappa shape index (κ3) is 2.89. The Morgan fingerprint density at radius 2 is 1.90 bits per heavy atom. The van der Waals surface area contributed by atoms with Gasteiger partial charge in [-0.15, -0.1) is 0 Å². The molecule has 2 aromatic rings. The van der Waals surface area contributed by atoms with E-state index in [2.05, 4.69) is 17.6 Å². The maximum absolute atomic E-state index is 12.9. The Hall–Kier alpha value is -2.36. The summed E-state index contributed by atoms with van der Waals surface area (Å²) in [6.07, 6.45) is 0.740. The Labute approximate surface area is 123 Å². The second-order valence-electron chi connectivity index (χ2n) is 5.42. The van der Waals surface area contributed by atoms with Crippen LogP contribution in [0, 0.1) is 5.82 Å². The zero-order chi connectivity index (χ0) is 14.8. The van der Waals surface area contributed by atoms with Crippen LogP contribution in [0.2, 0.25) is 0 Å². The second-order valence-corrected chi connectivity index (χ2v) is 5.42. The number of halogens is 1. The van der Waals surface area contributed by atoms with Gasteiger partial charge in [0.15, 0.2) is 0 Å². The lowest BCUT2D eigenvalue weighted by Gasteiger charge is -2.30. The van der Waals surface area contributed by atoms with Crippen molar-refractivity contribution in [3.8, 4) is 0 Å². The van der Waals surface area contributed by atoms with Crippen LogP contribution in [0.4, 0.5) is 15.8 Å². The van der Waals surface area contributed by atoms with Crippen molar-refractivity contribution in [3.05, 3.63) is 59.9 Å². The van der Waals surface area contributed by atoms with E-state index in [1.54, 1.807) is 12.1 Å². The average Bonchev–Trinajstić information content (AvgIpc) is 2.48. The number of amides is 1. The maximum Gasteiger partial charge on any atom is 0.232 e. The van der Waals surface area contributed by atoms with E-state index >= 15 is 0 Å². The highest BCUT2D eigenvalue weighted by Crippen LogP contribution is 2.34. The number of hydrogen-bond acceptors (Lipinski definition) is 2. The number of para-hydroxylation sites is 1. The predicted octanol–water partition coefficient (Wildman–Crippen LogP) is 3.75. The van der Waals surface area contributed by atoms with E-state index in [1.807, 2.05) is 24.3 Å². The van der Waals surface area contributed by atoms with Gasteiger partial charge in [0.2, 0.25) is 5.91 Å². The Kier molecular flexibility index (Phi) is 3.60. The van der Waals surface area contributed by atoms with Gasteiger partial charge in [0.1, 0.15) is 5.82 Å². The molecule has 1 aliphatic heterocycles. The van der Waals surface area contributed by atoms with Gasteiger partial charge in [-0.05, 0) is 49.2 Å². The van der Waals surface area contributed by atoms with Crippen LogP contribution in [0.1, 0.15) is 24.8 Å². The molecule has 21 heavy (non-hydrogen) atoms. The molecule has 3 nitrogen and oxygen atoms in total. The molecule has 1 heterocycles. The van der Waals surface area contributed by atoms with E-state index < -0.39 is 0 Å². The zero-order valence-electron chi connectivity index (χ0n) is 11.8. The van der Waals surface area contributed by atoms with Crippen LogP contribution < -0.4 is 10.6 Å². The lowest BCUT2D eigenvalue weighted by Crippen LogP contribution is -2.32. The van der Waals surface area contributed by atoms with E-state index in [9.17, 15) is 9.18 Å². The van der Waals surface area contributed by atoms with Gasteiger partial charge in [-0.2, -0.15) is 0 Å². The molecule has 3 rings (SSSR count). The highest BCUT2D eigenvalue weighted by molar-refractivity contribution is 5.97. The van der Waals surface area contributed by atoms with Crippen molar-refractivity contribution in [1.82, 2.24) is 0 Å². The fourth-order valence-corrected chi connectivity index (χ4v) is 2.75. The molecular formula is C17H17FN2O. The summed E-state index contributed by atoms with van der Waals surface area (Å²) in [4.78, 5) is 12.5. The molecule has 2 atom stereocenters. The van der Waals surface area contributed by atoms with E-state index in [0.29, 0.717) is 5.69 Å². The van der Waals surface area contributed by atoms with Crippen LogP contribution in [0.5, 0.6) is 0 Å².